The van der Waals surface area contributed by atoms with Crippen LogP contribution in [0.15, 0.2) is 33.2 Å². The number of hydrogen-bond donors (Lipinski definition) is 0. The molecule has 0 aliphatic rings. The summed E-state index contributed by atoms with van der Waals surface area (Å²) in [6, 6.07) is 8.54. The van der Waals surface area contributed by atoms with Gasteiger partial charge in [-0.05, 0) is 51.3 Å². The molecular formula is C19H20Br2S2. The molecule has 0 aliphatic carbocycles. The molecule has 0 unspecified atom stereocenters. The van der Waals surface area contributed by atoms with E-state index in [-0.39, 0.29) is 0 Å². The molecule has 0 atom stereocenters. The minimum atomic E-state index is 1.04. The Labute approximate surface area is 162 Å². The predicted molar refractivity (Wildman–Crippen MR) is 116 cm³/mol. The minimum absolute atomic E-state index is 1.04. The molecule has 4 heteroatoms. The highest BCUT2D eigenvalue weighted by Crippen LogP contribution is 2.44. The van der Waals surface area contributed by atoms with Gasteiger partial charge >= 0.3 is 0 Å². The summed E-state index contributed by atoms with van der Waals surface area (Å²) in [7, 11) is 0. The number of halogens is 2. The van der Waals surface area contributed by atoms with E-state index in [2.05, 4.69) is 82.1 Å². The van der Waals surface area contributed by atoms with Gasteiger partial charge < -0.3 is 0 Å². The van der Waals surface area contributed by atoms with Gasteiger partial charge in [0.15, 0.2) is 0 Å². The Balaban J connectivity index is 0.000000924. The molecule has 0 saturated carbocycles. The Morgan fingerprint density at radius 3 is 2.26 bits per heavy atom. The summed E-state index contributed by atoms with van der Waals surface area (Å²) >= 11 is 11.3. The van der Waals surface area contributed by atoms with Crippen LogP contribution in [0.5, 0.6) is 0 Å². The number of hydrogen-bond acceptors (Lipinski definition) is 2. The van der Waals surface area contributed by atoms with Crippen molar-refractivity contribution in [2.75, 3.05) is 0 Å². The summed E-state index contributed by atoms with van der Waals surface area (Å²) in [5.41, 5.74) is 0. The van der Waals surface area contributed by atoms with Crippen molar-refractivity contribution < 1.29 is 0 Å². The highest BCUT2D eigenvalue weighted by Gasteiger charge is 2.16. The fourth-order valence-corrected chi connectivity index (χ4v) is 6.80. The van der Waals surface area contributed by atoms with Gasteiger partial charge in [0.25, 0.3) is 0 Å². The van der Waals surface area contributed by atoms with E-state index in [0.29, 0.717) is 0 Å². The molecule has 1 aromatic carbocycles. The zero-order valence-electron chi connectivity index (χ0n) is 13.7. The smallest absolute Gasteiger partial charge is 0.0609 e. The molecule has 2 heterocycles. The number of thiophene rings is 2. The van der Waals surface area contributed by atoms with E-state index in [1.807, 2.05) is 36.5 Å². The van der Waals surface area contributed by atoms with Crippen molar-refractivity contribution in [3.63, 3.8) is 0 Å². The summed E-state index contributed by atoms with van der Waals surface area (Å²) in [4.78, 5) is 2.63. The van der Waals surface area contributed by atoms with Crippen LogP contribution in [-0.4, -0.2) is 0 Å². The first-order chi connectivity index (χ1) is 11.2. The van der Waals surface area contributed by atoms with Crippen molar-refractivity contribution in [2.45, 2.75) is 34.1 Å². The van der Waals surface area contributed by atoms with Crippen molar-refractivity contribution in [2.24, 2.45) is 0 Å². The van der Waals surface area contributed by atoms with Crippen LogP contribution < -0.4 is 9.75 Å². The van der Waals surface area contributed by atoms with E-state index >= 15 is 0 Å². The van der Waals surface area contributed by atoms with Crippen LogP contribution in [0, 0.1) is 0 Å². The van der Waals surface area contributed by atoms with Crippen LogP contribution in [0.25, 0.3) is 32.0 Å². The zero-order chi connectivity index (χ0) is 17.0. The molecule has 0 bridgehead atoms. The predicted octanol–water partition coefficient (Wildman–Crippen LogP) is 7.17. The van der Waals surface area contributed by atoms with Crippen molar-refractivity contribution in [1.29, 1.82) is 0 Å². The molecule has 0 aliphatic heterocycles. The highest BCUT2D eigenvalue weighted by molar-refractivity contribution is 9.11. The summed E-state index contributed by atoms with van der Waals surface area (Å²) in [6.45, 7) is 8.29. The van der Waals surface area contributed by atoms with Gasteiger partial charge in [0.05, 0.1) is 9.75 Å². The van der Waals surface area contributed by atoms with Crippen LogP contribution in [-0.2, 0) is 0 Å². The van der Waals surface area contributed by atoms with Gasteiger partial charge in [-0.2, -0.15) is 0 Å². The first-order valence-corrected chi connectivity index (χ1v) is 11.0. The number of fused-ring (bicyclic) bond motifs is 1. The molecule has 0 saturated heterocycles. The second-order valence-corrected chi connectivity index (χ2v) is 8.36. The van der Waals surface area contributed by atoms with Gasteiger partial charge in [-0.15, -0.1) is 22.7 Å². The van der Waals surface area contributed by atoms with Gasteiger partial charge in [-0.1, -0.05) is 51.1 Å². The van der Waals surface area contributed by atoms with E-state index in [9.17, 15) is 0 Å². The molecule has 0 nitrogen and oxygen atoms in total. The molecular weight excluding hydrogens is 452 g/mol. The summed E-state index contributed by atoms with van der Waals surface area (Å²) in [5.74, 6) is 0. The third-order valence-electron chi connectivity index (χ3n) is 3.32. The van der Waals surface area contributed by atoms with E-state index < -0.39 is 0 Å². The van der Waals surface area contributed by atoms with E-state index in [1.165, 1.54) is 38.5 Å². The standard InChI is InChI=1S/C17H14Br2S2.C2H6/c1-3-7-10-12(4-2)20-16(14(10)18)17-15(19)11-8-5-6-9-13(11)21-17;1-2/h4-9H,3H2,1-2H3;1-2H3/b10-7+,12-4+;. The van der Waals surface area contributed by atoms with Crippen LogP contribution in [0.4, 0.5) is 0 Å². The van der Waals surface area contributed by atoms with Crippen LogP contribution >= 0.6 is 54.5 Å². The second kappa shape index (κ2) is 8.61. The molecule has 122 valence electrons. The molecule has 3 rings (SSSR count). The summed E-state index contributed by atoms with van der Waals surface area (Å²) in [6.07, 6.45) is 5.53. The fourth-order valence-electron chi connectivity index (χ4n) is 2.36. The van der Waals surface area contributed by atoms with Crippen molar-refractivity contribution in [1.82, 2.24) is 0 Å². The van der Waals surface area contributed by atoms with Crippen molar-refractivity contribution in [3.8, 4) is 9.75 Å². The lowest BCUT2D eigenvalue weighted by Gasteiger charge is -1.95. The maximum Gasteiger partial charge on any atom is 0.0609 e. The van der Waals surface area contributed by atoms with Crippen molar-refractivity contribution >= 4 is 76.8 Å². The van der Waals surface area contributed by atoms with Crippen molar-refractivity contribution in [3.05, 3.63) is 43.0 Å². The van der Waals surface area contributed by atoms with Gasteiger partial charge in [0.1, 0.15) is 0 Å². The number of rotatable bonds is 2. The monoisotopic (exact) mass is 470 g/mol. The third kappa shape index (κ3) is 3.65. The Bertz CT molecular complexity index is 917. The van der Waals surface area contributed by atoms with Gasteiger partial charge in [0, 0.05) is 28.8 Å². The minimum Gasteiger partial charge on any atom is -0.133 e. The first kappa shape index (κ1) is 18.9. The molecule has 0 radical (unpaired) electrons. The van der Waals surface area contributed by atoms with E-state index in [0.717, 1.165) is 6.42 Å². The van der Waals surface area contributed by atoms with Crippen LogP contribution in [0.2, 0.25) is 0 Å². The van der Waals surface area contributed by atoms with Gasteiger partial charge in [0.2, 0.25) is 0 Å². The largest absolute Gasteiger partial charge is 0.133 e. The quantitative estimate of drug-likeness (QED) is 0.371. The molecule has 23 heavy (non-hydrogen) atoms. The Kier molecular flexibility index (Phi) is 7.08. The molecule has 0 amide bonds. The Morgan fingerprint density at radius 2 is 1.65 bits per heavy atom. The van der Waals surface area contributed by atoms with E-state index in [4.69, 9.17) is 0 Å². The first-order valence-electron chi connectivity index (χ1n) is 7.79. The maximum absolute atomic E-state index is 3.82. The SMILES string of the molecule is C/C=c1/sc(-c2sc3ccccc3c2Br)c(Br)/c1=C/CC.CC. The maximum atomic E-state index is 3.82. The Hall–Kier alpha value is -0.420. The molecule has 0 spiro atoms. The lowest BCUT2D eigenvalue weighted by molar-refractivity contribution is 1.28. The van der Waals surface area contributed by atoms with Crippen LogP contribution in [0.1, 0.15) is 34.1 Å². The molecule has 3 aromatic rings. The normalized spacial score (nSPS) is 12.6. The summed E-state index contributed by atoms with van der Waals surface area (Å²) < 4.78 is 5.08. The average molecular weight is 472 g/mol. The summed E-state index contributed by atoms with van der Waals surface area (Å²) in [5, 5.41) is 2.62. The van der Waals surface area contributed by atoms with E-state index in [1.54, 1.807) is 0 Å². The lowest BCUT2D eigenvalue weighted by atomic mass is 10.2. The molecule has 0 fully saturated rings. The molecule has 2 aromatic heterocycles. The second-order valence-electron chi connectivity index (χ2n) is 4.67. The average Bonchev–Trinajstić information content (AvgIpc) is 3.08. The molecule has 0 N–H and O–H groups in total. The fraction of sp³-hybridized carbons (Fsp3) is 0.263. The number of benzene rings is 1. The third-order valence-corrected chi connectivity index (χ3v) is 8.10. The zero-order valence-corrected chi connectivity index (χ0v) is 18.5. The highest BCUT2D eigenvalue weighted by atomic mass is 79.9. The van der Waals surface area contributed by atoms with Gasteiger partial charge in [-0.25, -0.2) is 0 Å². The lowest BCUT2D eigenvalue weighted by Crippen LogP contribution is -2.18. The van der Waals surface area contributed by atoms with Crippen LogP contribution in [0.3, 0.4) is 0 Å². The Morgan fingerprint density at radius 1 is 1.00 bits per heavy atom. The van der Waals surface area contributed by atoms with Gasteiger partial charge in [-0.3, -0.25) is 0 Å². The topological polar surface area (TPSA) is 0 Å².